The number of benzene rings is 1. The van der Waals surface area contributed by atoms with Gasteiger partial charge in [0, 0.05) is 38.3 Å². The first-order chi connectivity index (χ1) is 15.1. The van der Waals surface area contributed by atoms with Gasteiger partial charge in [-0.15, -0.1) is 0 Å². The summed E-state index contributed by atoms with van der Waals surface area (Å²) in [6.45, 7) is 4.83. The monoisotopic (exact) mass is 448 g/mol. The molecule has 11 nitrogen and oxygen atoms in total. The molecule has 12 heteroatoms. The van der Waals surface area contributed by atoms with Crippen molar-refractivity contribution in [1.29, 1.82) is 0 Å². The Morgan fingerprint density at radius 3 is 2.50 bits per heavy atom. The van der Waals surface area contributed by atoms with Gasteiger partial charge in [-0.25, -0.2) is 0 Å². The number of carbonyl (C=O) groups is 3. The fourth-order valence-electron chi connectivity index (χ4n) is 3.54. The second-order valence-electron chi connectivity index (χ2n) is 8.15. The number of nitrogens with zero attached hydrogens (tertiary/aromatic N) is 1. The fraction of sp³-hybridized carbons (Fsp3) is 0.550. The molecule has 0 saturated heterocycles. The molecule has 0 aliphatic carbocycles. The molecule has 0 bridgehead atoms. The van der Waals surface area contributed by atoms with Gasteiger partial charge < -0.3 is 42.4 Å². The van der Waals surface area contributed by atoms with Crippen molar-refractivity contribution in [1.82, 2.24) is 10.2 Å². The highest BCUT2D eigenvalue weighted by Gasteiger charge is 2.40. The minimum atomic E-state index is -1.07. The number of anilines is 1. The van der Waals surface area contributed by atoms with Crippen molar-refractivity contribution in [3.05, 3.63) is 23.8 Å². The molecule has 1 aliphatic heterocycles. The molecule has 0 aromatic heterocycles. The zero-order valence-corrected chi connectivity index (χ0v) is 18.6. The molecule has 1 aliphatic rings. The molecule has 0 radical (unpaired) electrons. The maximum atomic E-state index is 12.2. The minimum Gasteiger partial charge on any atom is -0.423 e. The largest absolute Gasteiger partial charge is 0.492 e. The van der Waals surface area contributed by atoms with Gasteiger partial charge in [0.2, 0.25) is 17.7 Å². The molecule has 176 valence electrons. The second-order valence-corrected chi connectivity index (χ2v) is 8.15. The van der Waals surface area contributed by atoms with Crippen molar-refractivity contribution in [3.63, 3.8) is 0 Å². The second kappa shape index (κ2) is 11.4. The normalized spacial score (nSPS) is 15.1. The first-order valence-corrected chi connectivity index (χ1v) is 10.6. The van der Waals surface area contributed by atoms with Crippen LogP contribution in [0.2, 0.25) is 0 Å². The molecule has 1 aromatic carbocycles. The average Bonchev–Trinajstić information content (AvgIpc) is 2.97. The molecule has 0 spiro atoms. The van der Waals surface area contributed by atoms with E-state index in [-0.39, 0.29) is 25.3 Å². The van der Waals surface area contributed by atoms with Crippen molar-refractivity contribution < 1.29 is 24.1 Å². The van der Waals surface area contributed by atoms with Crippen molar-refractivity contribution >= 4 is 36.0 Å². The van der Waals surface area contributed by atoms with Gasteiger partial charge in [-0.05, 0) is 43.4 Å². The molecular formula is C20H33BN6O5. The number of hydrogen-bond acceptors (Lipinski definition) is 8. The summed E-state index contributed by atoms with van der Waals surface area (Å²) >= 11 is 0. The number of rotatable bonds is 11. The van der Waals surface area contributed by atoms with Crippen LogP contribution in [-0.2, 0) is 24.6 Å². The molecule has 0 saturated carbocycles. The van der Waals surface area contributed by atoms with E-state index >= 15 is 0 Å². The van der Waals surface area contributed by atoms with Crippen LogP contribution in [0.15, 0.2) is 18.2 Å². The molecule has 32 heavy (non-hydrogen) atoms. The third-order valence-electron chi connectivity index (χ3n) is 5.24. The Balaban J connectivity index is 1.80. The molecule has 2 rings (SSSR count). The predicted octanol–water partition coefficient (Wildman–Crippen LogP) is -2.45. The van der Waals surface area contributed by atoms with E-state index in [1.165, 1.54) is 4.90 Å². The summed E-state index contributed by atoms with van der Waals surface area (Å²) < 4.78 is 5.50. The molecular weight excluding hydrogens is 415 g/mol. The molecule has 1 unspecified atom stereocenters. The Morgan fingerprint density at radius 2 is 1.88 bits per heavy atom. The van der Waals surface area contributed by atoms with E-state index in [4.69, 9.17) is 21.9 Å². The number of nitrogens with one attached hydrogen (secondary N) is 2. The van der Waals surface area contributed by atoms with E-state index in [1.54, 1.807) is 18.2 Å². The van der Waals surface area contributed by atoms with Crippen LogP contribution in [0.4, 0.5) is 5.69 Å². The first kappa shape index (κ1) is 25.8. The smallest absolute Gasteiger partial charge is 0.423 e. The summed E-state index contributed by atoms with van der Waals surface area (Å²) in [7, 11) is -1.07. The van der Waals surface area contributed by atoms with Gasteiger partial charge >= 0.3 is 7.12 Å². The Labute approximate surface area is 188 Å². The van der Waals surface area contributed by atoms with Crippen molar-refractivity contribution in [2.24, 2.45) is 17.2 Å². The Morgan fingerprint density at radius 1 is 1.22 bits per heavy atom. The van der Waals surface area contributed by atoms with Gasteiger partial charge in [0.15, 0.2) is 0 Å². The van der Waals surface area contributed by atoms with E-state index in [1.807, 2.05) is 13.8 Å². The summed E-state index contributed by atoms with van der Waals surface area (Å²) in [5.74, 6) is -1.16. The molecule has 3 amide bonds. The van der Waals surface area contributed by atoms with Crippen LogP contribution in [-0.4, -0.2) is 73.5 Å². The van der Waals surface area contributed by atoms with Gasteiger partial charge in [-0.2, -0.15) is 0 Å². The van der Waals surface area contributed by atoms with Crippen LogP contribution < -0.4 is 33.3 Å². The standard InChI is InChI=1S/C20H33BN6O5/c1-20(2)14-4-3-13(11-15(14)21(31)32-20)26-17(28)12-25-19(30)16(24)5-6-18(29)27(9-7-22)10-8-23/h3-4,11,16,31H,5-10,12,22-24H2,1-2H3,(H,25,30)(H,26,28). The van der Waals surface area contributed by atoms with E-state index in [0.717, 1.165) is 5.56 Å². The highest BCUT2D eigenvalue weighted by Crippen LogP contribution is 2.30. The van der Waals surface area contributed by atoms with Crippen LogP contribution in [0, 0.1) is 0 Å². The lowest BCUT2D eigenvalue weighted by atomic mass is 9.78. The van der Waals surface area contributed by atoms with Gasteiger partial charge in [0.1, 0.15) is 0 Å². The summed E-state index contributed by atoms with van der Waals surface area (Å²) in [5, 5.41) is 15.2. The third-order valence-corrected chi connectivity index (χ3v) is 5.24. The lowest BCUT2D eigenvalue weighted by Crippen LogP contribution is -2.45. The Bertz CT molecular complexity index is 831. The number of amides is 3. The molecule has 9 N–H and O–H groups in total. The Kier molecular flexibility index (Phi) is 9.16. The van der Waals surface area contributed by atoms with Crippen LogP contribution in [0.5, 0.6) is 0 Å². The minimum absolute atomic E-state index is 0.0800. The molecule has 1 heterocycles. The van der Waals surface area contributed by atoms with E-state index in [2.05, 4.69) is 10.6 Å². The predicted molar refractivity (Wildman–Crippen MR) is 122 cm³/mol. The molecule has 1 atom stereocenters. The van der Waals surface area contributed by atoms with Crippen molar-refractivity contribution in [3.8, 4) is 0 Å². The van der Waals surface area contributed by atoms with Gasteiger partial charge in [-0.1, -0.05) is 6.07 Å². The average molecular weight is 448 g/mol. The molecule has 1 aromatic rings. The molecule has 0 fully saturated rings. The summed E-state index contributed by atoms with van der Waals surface area (Å²) in [6.07, 6.45) is 0.215. The van der Waals surface area contributed by atoms with E-state index in [0.29, 0.717) is 37.3 Å². The van der Waals surface area contributed by atoms with Crippen LogP contribution in [0.3, 0.4) is 0 Å². The Hall–Kier alpha value is -2.51. The third kappa shape index (κ3) is 6.74. The number of fused-ring (bicyclic) bond motifs is 1. The summed E-state index contributed by atoms with van der Waals surface area (Å²) in [6, 6.07) is 4.19. The quantitative estimate of drug-likeness (QED) is 0.201. The topological polar surface area (TPSA) is 186 Å². The van der Waals surface area contributed by atoms with E-state index in [9.17, 15) is 19.4 Å². The SMILES string of the molecule is CC1(C)OB(O)c2cc(NC(=O)CNC(=O)C(N)CCC(=O)N(CCN)CCN)ccc21. The first-order valence-electron chi connectivity index (χ1n) is 10.6. The number of nitrogens with two attached hydrogens (primary N) is 3. The van der Waals surface area contributed by atoms with Gasteiger partial charge in [0.25, 0.3) is 0 Å². The number of carbonyl (C=O) groups excluding carboxylic acids is 3. The maximum Gasteiger partial charge on any atom is 0.492 e. The lowest BCUT2D eigenvalue weighted by molar-refractivity contribution is -0.131. The zero-order chi connectivity index (χ0) is 23.9. The highest BCUT2D eigenvalue weighted by atomic mass is 16.5. The van der Waals surface area contributed by atoms with Gasteiger partial charge in [-0.3, -0.25) is 14.4 Å². The highest BCUT2D eigenvalue weighted by molar-refractivity contribution is 6.62. The lowest BCUT2D eigenvalue weighted by Gasteiger charge is -2.22. The van der Waals surface area contributed by atoms with Gasteiger partial charge in [0.05, 0.1) is 18.2 Å². The zero-order valence-electron chi connectivity index (χ0n) is 18.6. The van der Waals surface area contributed by atoms with Crippen LogP contribution >= 0.6 is 0 Å². The van der Waals surface area contributed by atoms with Crippen molar-refractivity contribution in [2.45, 2.75) is 38.3 Å². The maximum absolute atomic E-state index is 12.2. The van der Waals surface area contributed by atoms with Crippen LogP contribution in [0.1, 0.15) is 32.3 Å². The van der Waals surface area contributed by atoms with E-state index < -0.39 is 30.6 Å². The summed E-state index contributed by atoms with van der Waals surface area (Å²) in [5.41, 5.74) is 18.1. The van der Waals surface area contributed by atoms with Crippen molar-refractivity contribution in [2.75, 3.05) is 38.0 Å². The van der Waals surface area contributed by atoms with Crippen LogP contribution in [0.25, 0.3) is 0 Å². The fourth-order valence-corrected chi connectivity index (χ4v) is 3.54. The number of hydrogen-bond donors (Lipinski definition) is 6. The summed E-state index contributed by atoms with van der Waals surface area (Å²) in [4.78, 5) is 38.1.